The predicted molar refractivity (Wildman–Crippen MR) is 90.7 cm³/mol. The number of benzene rings is 2. The molecule has 0 amide bonds. The molecule has 0 unspecified atom stereocenters. The SMILES string of the molecule is Cc1ccc(-n2[nH]c(-c3ccccc3)c(C(C)C)c2=O)cc1. The highest BCUT2D eigenvalue weighted by Gasteiger charge is 2.18. The van der Waals surface area contributed by atoms with Gasteiger partial charge in [0, 0.05) is 5.56 Å². The molecule has 3 rings (SSSR count). The van der Waals surface area contributed by atoms with Crippen molar-refractivity contribution < 1.29 is 0 Å². The summed E-state index contributed by atoms with van der Waals surface area (Å²) in [5, 5.41) is 3.29. The molecular weight excluding hydrogens is 272 g/mol. The van der Waals surface area contributed by atoms with E-state index in [1.54, 1.807) is 4.68 Å². The minimum Gasteiger partial charge on any atom is -0.290 e. The van der Waals surface area contributed by atoms with Crippen LogP contribution in [0.3, 0.4) is 0 Å². The number of aromatic nitrogens is 2. The van der Waals surface area contributed by atoms with Crippen LogP contribution in [0.5, 0.6) is 0 Å². The molecule has 1 aromatic heterocycles. The molecule has 3 nitrogen and oxygen atoms in total. The van der Waals surface area contributed by atoms with Crippen molar-refractivity contribution in [3.05, 3.63) is 76.1 Å². The predicted octanol–water partition coefficient (Wildman–Crippen LogP) is 4.26. The first-order valence-corrected chi connectivity index (χ1v) is 7.55. The third-order valence-electron chi connectivity index (χ3n) is 3.86. The van der Waals surface area contributed by atoms with E-state index >= 15 is 0 Å². The third kappa shape index (κ3) is 2.50. The number of aryl methyl sites for hydroxylation is 1. The highest BCUT2D eigenvalue weighted by atomic mass is 16.1. The highest BCUT2D eigenvalue weighted by molar-refractivity contribution is 5.63. The topological polar surface area (TPSA) is 37.8 Å². The maximum Gasteiger partial charge on any atom is 0.275 e. The summed E-state index contributed by atoms with van der Waals surface area (Å²) in [5.74, 6) is 0.158. The molecule has 112 valence electrons. The lowest BCUT2D eigenvalue weighted by molar-refractivity contribution is 0.825. The van der Waals surface area contributed by atoms with Crippen LogP contribution in [0.1, 0.15) is 30.9 Å². The molecule has 0 saturated heterocycles. The van der Waals surface area contributed by atoms with E-state index < -0.39 is 0 Å². The fraction of sp³-hybridized carbons (Fsp3) is 0.211. The molecule has 3 aromatic rings. The summed E-state index contributed by atoms with van der Waals surface area (Å²) in [5.41, 5.74) is 4.83. The smallest absolute Gasteiger partial charge is 0.275 e. The van der Waals surface area contributed by atoms with Gasteiger partial charge in [-0.2, -0.15) is 0 Å². The van der Waals surface area contributed by atoms with Gasteiger partial charge >= 0.3 is 0 Å². The first-order valence-electron chi connectivity index (χ1n) is 7.55. The van der Waals surface area contributed by atoms with Gasteiger partial charge in [0.25, 0.3) is 5.56 Å². The molecule has 1 heterocycles. The van der Waals surface area contributed by atoms with Crippen molar-refractivity contribution >= 4 is 0 Å². The minimum absolute atomic E-state index is 0.0257. The summed E-state index contributed by atoms with van der Waals surface area (Å²) in [4.78, 5) is 12.8. The number of rotatable bonds is 3. The van der Waals surface area contributed by atoms with Crippen molar-refractivity contribution in [2.75, 3.05) is 0 Å². The Bertz CT molecular complexity index is 824. The quantitative estimate of drug-likeness (QED) is 0.769. The van der Waals surface area contributed by atoms with Crippen molar-refractivity contribution in [2.24, 2.45) is 0 Å². The van der Waals surface area contributed by atoms with E-state index in [2.05, 4.69) is 18.9 Å². The van der Waals surface area contributed by atoms with Crippen LogP contribution in [-0.2, 0) is 0 Å². The molecule has 0 aliphatic rings. The van der Waals surface area contributed by atoms with Gasteiger partial charge < -0.3 is 0 Å². The third-order valence-corrected chi connectivity index (χ3v) is 3.86. The van der Waals surface area contributed by atoms with Gasteiger partial charge in [-0.1, -0.05) is 61.9 Å². The van der Waals surface area contributed by atoms with E-state index in [1.807, 2.05) is 61.5 Å². The Morgan fingerprint density at radius 2 is 1.59 bits per heavy atom. The number of nitrogens with one attached hydrogen (secondary N) is 1. The molecule has 0 spiro atoms. The van der Waals surface area contributed by atoms with Crippen LogP contribution in [-0.4, -0.2) is 9.78 Å². The van der Waals surface area contributed by atoms with Crippen LogP contribution in [0.25, 0.3) is 16.9 Å². The van der Waals surface area contributed by atoms with Crippen molar-refractivity contribution in [1.29, 1.82) is 0 Å². The lowest BCUT2D eigenvalue weighted by atomic mass is 9.99. The van der Waals surface area contributed by atoms with E-state index in [0.717, 1.165) is 22.5 Å². The molecule has 0 saturated carbocycles. The molecule has 22 heavy (non-hydrogen) atoms. The Morgan fingerprint density at radius 3 is 2.18 bits per heavy atom. The maximum atomic E-state index is 12.8. The zero-order chi connectivity index (χ0) is 15.7. The number of hydrogen-bond acceptors (Lipinski definition) is 1. The lowest BCUT2D eigenvalue weighted by Gasteiger charge is -2.04. The van der Waals surface area contributed by atoms with Gasteiger partial charge in [-0.25, -0.2) is 4.68 Å². The van der Waals surface area contributed by atoms with E-state index in [4.69, 9.17) is 0 Å². The molecule has 0 bridgehead atoms. The monoisotopic (exact) mass is 292 g/mol. The number of hydrogen-bond donors (Lipinski definition) is 1. The fourth-order valence-electron chi connectivity index (χ4n) is 2.69. The van der Waals surface area contributed by atoms with Crippen molar-refractivity contribution in [2.45, 2.75) is 26.7 Å². The molecule has 1 N–H and O–H groups in total. The standard InChI is InChI=1S/C19H20N2O/c1-13(2)17-18(15-7-5-4-6-8-15)20-21(19(17)22)16-11-9-14(3)10-12-16/h4-13,20H,1-3H3. The normalized spacial score (nSPS) is 11.1. The van der Waals surface area contributed by atoms with Crippen LogP contribution < -0.4 is 5.56 Å². The average Bonchev–Trinajstić information content (AvgIpc) is 2.87. The number of H-pyrrole nitrogens is 1. The van der Waals surface area contributed by atoms with E-state index in [0.29, 0.717) is 0 Å². The first-order chi connectivity index (χ1) is 10.6. The summed E-state index contributed by atoms with van der Waals surface area (Å²) >= 11 is 0. The zero-order valence-corrected chi connectivity index (χ0v) is 13.1. The maximum absolute atomic E-state index is 12.8. The van der Waals surface area contributed by atoms with Crippen molar-refractivity contribution in [3.63, 3.8) is 0 Å². The fourth-order valence-corrected chi connectivity index (χ4v) is 2.69. The average molecular weight is 292 g/mol. The van der Waals surface area contributed by atoms with Gasteiger partial charge in [0.15, 0.2) is 0 Å². The Hall–Kier alpha value is -2.55. The van der Waals surface area contributed by atoms with E-state index in [1.165, 1.54) is 5.56 Å². The van der Waals surface area contributed by atoms with Gasteiger partial charge in [-0.3, -0.25) is 9.89 Å². The van der Waals surface area contributed by atoms with Crippen LogP contribution in [0.4, 0.5) is 0 Å². The van der Waals surface area contributed by atoms with Gasteiger partial charge in [0.2, 0.25) is 0 Å². The first kappa shape index (κ1) is 14.4. The largest absolute Gasteiger partial charge is 0.290 e. The molecule has 0 fully saturated rings. The van der Waals surface area contributed by atoms with Crippen LogP contribution in [0, 0.1) is 6.92 Å². The zero-order valence-electron chi connectivity index (χ0n) is 13.1. The number of nitrogens with zero attached hydrogens (tertiary/aromatic N) is 1. The molecule has 2 aromatic carbocycles. The lowest BCUT2D eigenvalue weighted by Crippen LogP contribution is -2.17. The Balaban J connectivity index is 2.22. The summed E-state index contributed by atoms with van der Waals surface area (Å²) in [7, 11) is 0. The summed E-state index contributed by atoms with van der Waals surface area (Å²) < 4.78 is 1.64. The molecule has 0 atom stereocenters. The second-order valence-corrected chi connectivity index (χ2v) is 5.90. The summed E-state index contributed by atoms with van der Waals surface area (Å²) in [6, 6.07) is 18.0. The van der Waals surface area contributed by atoms with E-state index in [-0.39, 0.29) is 11.5 Å². The van der Waals surface area contributed by atoms with Crippen molar-refractivity contribution in [3.8, 4) is 16.9 Å². The molecule has 3 heteroatoms. The van der Waals surface area contributed by atoms with Gasteiger partial charge in [-0.05, 0) is 30.5 Å². The minimum atomic E-state index is 0.0257. The Labute approximate surface area is 130 Å². The second-order valence-electron chi connectivity index (χ2n) is 5.90. The Kier molecular flexibility index (Phi) is 3.72. The molecular formula is C19H20N2O. The second kappa shape index (κ2) is 5.68. The van der Waals surface area contributed by atoms with Crippen LogP contribution >= 0.6 is 0 Å². The van der Waals surface area contributed by atoms with Gasteiger partial charge in [0.05, 0.1) is 11.4 Å². The molecule has 0 aliphatic carbocycles. The van der Waals surface area contributed by atoms with Gasteiger partial charge in [0.1, 0.15) is 0 Å². The Morgan fingerprint density at radius 1 is 0.955 bits per heavy atom. The van der Waals surface area contributed by atoms with Crippen LogP contribution in [0.2, 0.25) is 0 Å². The summed E-state index contributed by atoms with van der Waals surface area (Å²) in [6.45, 7) is 6.14. The molecule has 0 radical (unpaired) electrons. The molecule has 0 aliphatic heterocycles. The van der Waals surface area contributed by atoms with Gasteiger partial charge in [-0.15, -0.1) is 0 Å². The van der Waals surface area contributed by atoms with Crippen LogP contribution in [0.15, 0.2) is 59.4 Å². The summed E-state index contributed by atoms with van der Waals surface area (Å²) in [6.07, 6.45) is 0. The highest BCUT2D eigenvalue weighted by Crippen LogP contribution is 2.25. The van der Waals surface area contributed by atoms with Crippen molar-refractivity contribution in [1.82, 2.24) is 9.78 Å². The van der Waals surface area contributed by atoms with E-state index in [9.17, 15) is 4.79 Å². The number of aromatic amines is 1.